The number of carbonyl (C=O) groups excluding carboxylic acids is 1. The second-order valence-electron chi connectivity index (χ2n) is 9.63. The Hall–Kier alpha value is -4.75. The maximum atomic E-state index is 13.4. The molecule has 2 N–H and O–H groups in total. The zero-order chi connectivity index (χ0) is 30.6. The van der Waals surface area contributed by atoms with Gasteiger partial charge in [0.25, 0.3) is 11.6 Å². The molecular formula is C29H31N5O7S. The number of non-ortho nitro benzene ring substituents is 1. The third-order valence-corrected chi connectivity index (χ3v) is 8.09. The van der Waals surface area contributed by atoms with Gasteiger partial charge in [-0.1, -0.05) is 19.1 Å². The van der Waals surface area contributed by atoms with Crippen LogP contribution in [0.3, 0.4) is 0 Å². The summed E-state index contributed by atoms with van der Waals surface area (Å²) in [5, 5.41) is 18.8. The van der Waals surface area contributed by atoms with Crippen LogP contribution < -0.4 is 19.5 Å². The number of rotatable bonds is 11. The predicted octanol–water partition coefficient (Wildman–Crippen LogP) is 5.53. The molecule has 0 bridgehead atoms. The van der Waals surface area contributed by atoms with Crippen LogP contribution in [-0.4, -0.2) is 42.2 Å². The number of anilines is 1. The topological polar surface area (TPSA) is 155 Å². The monoisotopic (exact) mass is 593 g/mol. The first-order chi connectivity index (χ1) is 19.9. The molecule has 1 heterocycles. The lowest BCUT2D eigenvalue weighted by atomic mass is 10.2. The maximum Gasteiger partial charge on any atom is 0.276 e. The lowest BCUT2D eigenvalue weighted by Gasteiger charge is -2.16. The summed E-state index contributed by atoms with van der Waals surface area (Å²) < 4.78 is 41.9. The predicted molar refractivity (Wildman–Crippen MR) is 157 cm³/mol. The first-order valence-electron chi connectivity index (χ1n) is 13.0. The van der Waals surface area contributed by atoms with Crippen molar-refractivity contribution in [2.45, 2.75) is 45.1 Å². The highest BCUT2D eigenvalue weighted by Crippen LogP contribution is 2.36. The van der Waals surface area contributed by atoms with Crippen molar-refractivity contribution in [3.05, 3.63) is 93.7 Å². The number of hydrogen-bond acceptors (Lipinski definition) is 8. The van der Waals surface area contributed by atoms with E-state index in [2.05, 4.69) is 15.1 Å². The summed E-state index contributed by atoms with van der Waals surface area (Å²) in [6.45, 7) is 7.00. The fourth-order valence-electron chi connectivity index (χ4n) is 4.05. The van der Waals surface area contributed by atoms with Gasteiger partial charge in [-0.15, -0.1) is 0 Å². The largest absolute Gasteiger partial charge is 0.497 e. The van der Waals surface area contributed by atoms with E-state index in [0.29, 0.717) is 29.1 Å². The number of sulfonamides is 1. The summed E-state index contributed by atoms with van der Waals surface area (Å²) in [4.78, 5) is 23.7. The van der Waals surface area contributed by atoms with Crippen molar-refractivity contribution >= 4 is 27.3 Å². The quantitative estimate of drug-likeness (QED) is 0.170. The molecule has 0 aliphatic heterocycles. The van der Waals surface area contributed by atoms with Crippen molar-refractivity contribution in [1.29, 1.82) is 0 Å². The Balaban J connectivity index is 1.85. The van der Waals surface area contributed by atoms with Crippen LogP contribution in [0, 0.1) is 24.0 Å². The highest BCUT2D eigenvalue weighted by molar-refractivity contribution is 7.89. The van der Waals surface area contributed by atoms with Crippen LogP contribution in [0.15, 0.2) is 71.6 Å². The number of aryl methyl sites for hydroxylation is 1. The van der Waals surface area contributed by atoms with Crippen LogP contribution >= 0.6 is 0 Å². The number of methoxy groups -OCH3 is 1. The van der Waals surface area contributed by atoms with Crippen molar-refractivity contribution in [3.8, 4) is 23.1 Å². The lowest BCUT2D eigenvalue weighted by Crippen LogP contribution is -2.32. The second kappa shape index (κ2) is 12.4. The Morgan fingerprint density at radius 3 is 2.43 bits per heavy atom. The van der Waals surface area contributed by atoms with E-state index < -0.39 is 37.5 Å². The third-order valence-electron chi connectivity index (χ3n) is 6.48. The van der Waals surface area contributed by atoms with Gasteiger partial charge in [0.1, 0.15) is 16.4 Å². The van der Waals surface area contributed by atoms with Gasteiger partial charge < -0.3 is 14.8 Å². The summed E-state index contributed by atoms with van der Waals surface area (Å²) in [7, 11) is -2.71. The van der Waals surface area contributed by atoms with Gasteiger partial charge in [-0.05, 0) is 75.2 Å². The summed E-state index contributed by atoms with van der Waals surface area (Å²) in [5.74, 6) is -0.0595. The Labute approximate surface area is 243 Å². The highest BCUT2D eigenvalue weighted by Gasteiger charge is 2.28. The van der Waals surface area contributed by atoms with Gasteiger partial charge in [-0.25, -0.2) is 13.1 Å². The van der Waals surface area contributed by atoms with Crippen molar-refractivity contribution < 1.29 is 27.6 Å². The summed E-state index contributed by atoms with van der Waals surface area (Å²) in [6, 6.07) is 16.9. The van der Waals surface area contributed by atoms with Gasteiger partial charge in [0.2, 0.25) is 15.9 Å². The molecule has 0 saturated carbocycles. The highest BCUT2D eigenvalue weighted by atomic mass is 32.2. The molecule has 42 heavy (non-hydrogen) atoms. The fraction of sp³-hybridized carbons (Fsp3) is 0.241. The number of amides is 1. The van der Waals surface area contributed by atoms with Gasteiger partial charge in [0, 0.05) is 29.4 Å². The Bertz CT molecular complexity index is 1730. The van der Waals surface area contributed by atoms with Crippen LogP contribution in [-0.2, 0) is 10.0 Å². The van der Waals surface area contributed by atoms with E-state index in [1.54, 1.807) is 51.1 Å². The van der Waals surface area contributed by atoms with Crippen LogP contribution in [0.5, 0.6) is 17.4 Å². The maximum absolute atomic E-state index is 13.4. The zero-order valence-corrected chi connectivity index (χ0v) is 24.6. The molecule has 0 fully saturated rings. The van der Waals surface area contributed by atoms with Crippen LogP contribution in [0.25, 0.3) is 5.69 Å². The van der Waals surface area contributed by atoms with Gasteiger partial charge >= 0.3 is 0 Å². The van der Waals surface area contributed by atoms with Crippen LogP contribution in [0.1, 0.15) is 41.9 Å². The third kappa shape index (κ3) is 6.58. The van der Waals surface area contributed by atoms with E-state index >= 15 is 0 Å². The Morgan fingerprint density at radius 1 is 1.10 bits per heavy atom. The molecule has 12 nitrogen and oxygen atoms in total. The molecule has 1 atom stereocenters. The summed E-state index contributed by atoms with van der Waals surface area (Å²) in [5.41, 5.74) is 1.94. The van der Waals surface area contributed by atoms with Gasteiger partial charge in [-0.2, -0.15) is 9.78 Å². The number of hydrogen-bond donors (Lipinski definition) is 2. The van der Waals surface area contributed by atoms with Gasteiger partial charge in [0.15, 0.2) is 5.69 Å². The fourth-order valence-corrected chi connectivity index (χ4v) is 5.52. The van der Waals surface area contributed by atoms with E-state index in [4.69, 9.17) is 9.47 Å². The molecule has 0 aliphatic carbocycles. The number of aromatic nitrogens is 2. The number of carbonyl (C=O) groups is 1. The minimum Gasteiger partial charge on any atom is -0.497 e. The number of nitrogens with zero attached hydrogens (tertiary/aromatic N) is 3. The van der Waals surface area contributed by atoms with Crippen molar-refractivity contribution in [2.75, 3.05) is 12.4 Å². The molecule has 0 saturated heterocycles. The zero-order valence-electron chi connectivity index (χ0n) is 23.7. The molecule has 1 unspecified atom stereocenters. The van der Waals surface area contributed by atoms with Crippen molar-refractivity contribution in [2.24, 2.45) is 0 Å². The minimum absolute atomic E-state index is 0.0337. The van der Waals surface area contributed by atoms with E-state index in [9.17, 15) is 23.3 Å². The standard InChI is InChI=1S/C29H31N5O7S/c1-6-19(3)32-42(38,39)26-17-23(34(36)37)12-15-25(26)41-29-20(4)27(28(35)30-21-9-7-8-18(2)16-21)31-33(29)22-10-13-24(40-5)14-11-22/h7-17,19,32H,6H2,1-5H3,(H,30,35). The SMILES string of the molecule is CCC(C)NS(=O)(=O)c1cc([N+](=O)[O-])ccc1Oc1c(C)c(C(=O)Nc2cccc(C)c2)nn1-c1ccc(OC)cc1. The lowest BCUT2D eigenvalue weighted by molar-refractivity contribution is -0.385. The first-order valence-corrected chi connectivity index (χ1v) is 14.5. The smallest absolute Gasteiger partial charge is 0.276 e. The molecule has 0 aliphatic rings. The molecule has 13 heteroatoms. The number of nitrogens with one attached hydrogen (secondary N) is 2. The Kier molecular flexibility index (Phi) is 8.93. The molecule has 1 amide bonds. The minimum atomic E-state index is -4.24. The number of nitro benzene ring substituents is 1. The molecule has 220 valence electrons. The molecule has 4 aromatic rings. The molecule has 3 aromatic carbocycles. The van der Waals surface area contributed by atoms with Crippen LogP contribution in [0.2, 0.25) is 0 Å². The Morgan fingerprint density at radius 2 is 1.81 bits per heavy atom. The van der Waals surface area contributed by atoms with E-state index in [-0.39, 0.29) is 17.3 Å². The van der Waals surface area contributed by atoms with Gasteiger partial charge in [-0.3, -0.25) is 14.9 Å². The van der Waals surface area contributed by atoms with Crippen molar-refractivity contribution in [3.63, 3.8) is 0 Å². The van der Waals surface area contributed by atoms with Crippen molar-refractivity contribution in [1.82, 2.24) is 14.5 Å². The number of ether oxygens (including phenoxy) is 2. The molecular weight excluding hydrogens is 562 g/mol. The number of benzene rings is 3. The van der Waals surface area contributed by atoms with Crippen LogP contribution in [0.4, 0.5) is 11.4 Å². The van der Waals surface area contributed by atoms with Gasteiger partial charge in [0.05, 0.1) is 17.7 Å². The molecule has 1 aromatic heterocycles. The average molecular weight is 594 g/mol. The number of nitro groups is 1. The van der Waals surface area contributed by atoms with E-state index in [1.807, 2.05) is 25.1 Å². The average Bonchev–Trinajstić information content (AvgIpc) is 3.28. The van der Waals surface area contributed by atoms with E-state index in [1.165, 1.54) is 17.9 Å². The first kappa shape index (κ1) is 30.2. The second-order valence-corrected chi connectivity index (χ2v) is 11.3. The van der Waals surface area contributed by atoms with E-state index in [0.717, 1.165) is 17.7 Å². The molecule has 0 radical (unpaired) electrons. The molecule has 4 rings (SSSR count). The molecule has 0 spiro atoms. The summed E-state index contributed by atoms with van der Waals surface area (Å²) in [6.07, 6.45) is 0.493. The summed E-state index contributed by atoms with van der Waals surface area (Å²) >= 11 is 0. The normalized spacial score (nSPS) is 12.0.